The number of aryl methyl sites for hydroxylation is 1. The molecule has 5 unspecified atom stereocenters. The molecule has 218 valence electrons. The number of phenols is 1. The van der Waals surface area contributed by atoms with E-state index in [-0.39, 0.29) is 11.5 Å². The summed E-state index contributed by atoms with van der Waals surface area (Å²) in [6, 6.07) is 21.7. The number of pyridine rings is 1. The Morgan fingerprint density at radius 2 is 1.88 bits per heavy atom. The normalized spacial score (nSPS) is 28.7. The van der Waals surface area contributed by atoms with Crippen molar-refractivity contribution in [1.29, 1.82) is 0 Å². The van der Waals surface area contributed by atoms with E-state index in [1.54, 1.807) is 0 Å². The van der Waals surface area contributed by atoms with Gasteiger partial charge in [0, 0.05) is 18.5 Å². The average Bonchev–Trinajstić information content (AvgIpc) is 3.29. The molecular weight excluding hydrogens is 524 g/mol. The van der Waals surface area contributed by atoms with Gasteiger partial charge in [-0.25, -0.2) is 0 Å². The third-order valence-electron chi connectivity index (χ3n) is 10.7. The van der Waals surface area contributed by atoms with Gasteiger partial charge in [0.05, 0.1) is 11.8 Å². The Morgan fingerprint density at radius 3 is 2.68 bits per heavy atom. The second-order valence-corrected chi connectivity index (χ2v) is 14.3. The number of fused-ring (bicyclic) bond motifs is 5. The highest BCUT2D eigenvalue weighted by atomic mass is 32.2. The maximum atomic E-state index is 11.1. The Balaban J connectivity index is 1.08. The minimum absolute atomic E-state index is 0.00245. The topological polar surface area (TPSA) is 56.6 Å². The van der Waals surface area contributed by atoms with E-state index < -0.39 is 0 Å². The third-order valence-corrected chi connectivity index (χ3v) is 11.7. The minimum Gasteiger partial charge on any atom is -0.508 e. The molecule has 2 aromatic carbocycles. The van der Waals surface area contributed by atoms with Crippen molar-refractivity contribution in [2.45, 2.75) is 75.6 Å². The number of aromatic nitrogens is 1. The van der Waals surface area contributed by atoms with Crippen molar-refractivity contribution < 1.29 is 10.2 Å². The molecule has 2 N–H and O–H groups in total. The largest absolute Gasteiger partial charge is 0.508 e. The molecule has 2 fully saturated rings. The van der Waals surface area contributed by atoms with Gasteiger partial charge >= 0.3 is 0 Å². The summed E-state index contributed by atoms with van der Waals surface area (Å²) in [5.74, 6) is 4.59. The number of likely N-dealkylation sites (N-methyl/N-ethyl adjacent to an activating group) is 1. The van der Waals surface area contributed by atoms with E-state index in [9.17, 15) is 10.2 Å². The van der Waals surface area contributed by atoms with Crippen LogP contribution in [0.15, 0.2) is 66.9 Å². The first-order valence-corrected chi connectivity index (χ1v) is 16.8. The summed E-state index contributed by atoms with van der Waals surface area (Å²) in [4.78, 5) is 6.87. The van der Waals surface area contributed by atoms with Crippen molar-refractivity contribution in [3.8, 4) is 5.75 Å². The summed E-state index contributed by atoms with van der Waals surface area (Å²) in [7, 11) is 2.24. The van der Waals surface area contributed by atoms with Gasteiger partial charge in [0.15, 0.2) is 0 Å². The first kappa shape index (κ1) is 28.8. The highest BCUT2D eigenvalue weighted by Crippen LogP contribution is 2.65. The number of rotatable bonds is 10. The molecule has 6 atom stereocenters. The van der Waals surface area contributed by atoms with Crippen molar-refractivity contribution in [3.05, 3.63) is 94.8 Å². The van der Waals surface area contributed by atoms with Crippen LogP contribution in [0.2, 0.25) is 0 Å². The van der Waals surface area contributed by atoms with Gasteiger partial charge in [-0.15, -0.1) is 0 Å². The first-order chi connectivity index (χ1) is 19.9. The summed E-state index contributed by atoms with van der Waals surface area (Å²) in [5, 5.41) is 21.3. The molecule has 0 spiro atoms. The summed E-state index contributed by atoms with van der Waals surface area (Å²) >= 11 is 1.97. The molecule has 3 aliphatic rings. The Bertz CT molecular complexity index is 1300. The number of hydrogen-bond donors (Lipinski definition) is 2. The smallest absolute Gasteiger partial charge is 0.115 e. The van der Waals surface area contributed by atoms with Crippen LogP contribution in [0.1, 0.15) is 78.8 Å². The van der Waals surface area contributed by atoms with Crippen LogP contribution in [0, 0.1) is 17.3 Å². The number of thioether (sulfide) groups is 1. The SMILES string of the molecule is CN(CCCSCc1ccccn1)CCc1ccc([C@H]2CC3(C)C(O)CCC3C3CCc4cc(O)ccc4C32)cc1. The molecule has 3 aliphatic carbocycles. The fourth-order valence-electron chi connectivity index (χ4n) is 8.45. The standard InChI is InChI=1S/C36H46N2O2S/c1-36-23-32(35-30-14-12-29(39)22-27(30)11-13-31(35)33(36)15-16-34(36)40)26-9-7-25(8-10-26)17-20-38(2)19-5-21-41-24-28-6-3-4-18-37-28/h3-4,6-10,12,14,18,22,31-35,39-40H,5,11,13,15-17,19-21,23-24H2,1-2H3/t31?,32-,33?,34?,35?,36?/m1/s1. The highest BCUT2D eigenvalue weighted by molar-refractivity contribution is 7.98. The molecule has 0 bridgehead atoms. The predicted octanol–water partition coefficient (Wildman–Crippen LogP) is 7.20. The molecule has 1 heterocycles. The predicted molar refractivity (Wildman–Crippen MR) is 170 cm³/mol. The lowest BCUT2D eigenvalue weighted by molar-refractivity contribution is -0.0322. The lowest BCUT2D eigenvalue weighted by Crippen LogP contribution is -2.47. The second-order valence-electron chi connectivity index (χ2n) is 13.1. The Kier molecular flexibility index (Phi) is 8.76. The number of benzene rings is 2. The Labute approximate surface area is 250 Å². The van der Waals surface area contributed by atoms with Crippen LogP contribution in [-0.4, -0.2) is 52.1 Å². The molecular formula is C36H46N2O2S. The number of aromatic hydroxyl groups is 1. The van der Waals surface area contributed by atoms with E-state index in [1.165, 1.54) is 34.4 Å². The van der Waals surface area contributed by atoms with Gasteiger partial charge in [-0.1, -0.05) is 43.3 Å². The molecule has 41 heavy (non-hydrogen) atoms. The molecule has 1 aromatic heterocycles. The third kappa shape index (κ3) is 6.09. The fourth-order valence-corrected chi connectivity index (χ4v) is 9.31. The van der Waals surface area contributed by atoms with E-state index in [0.717, 1.165) is 63.1 Å². The number of aliphatic hydroxyl groups is 1. The maximum absolute atomic E-state index is 11.1. The summed E-state index contributed by atoms with van der Waals surface area (Å²) < 4.78 is 0. The van der Waals surface area contributed by atoms with E-state index >= 15 is 0 Å². The van der Waals surface area contributed by atoms with Crippen molar-refractivity contribution in [2.24, 2.45) is 17.3 Å². The van der Waals surface area contributed by atoms with Gasteiger partial charge in [-0.2, -0.15) is 11.8 Å². The van der Waals surface area contributed by atoms with Crippen LogP contribution < -0.4 is 0 Å². The Hall–Kier alpha value is -2.34. The molecule has 0 amide bonds. The molecule has 2 saturated carbocycles. The van der Waals surface area contributed by atoms with E-state index in [0.29, 0.717) is 29.4 Å². The van der Waals surface area contributed by atoms with Crippen LogP contribution >= 0.6 is 11.8 Å². The molecule has 4 nitrogen and oxygen atoms in total. The molecule has 0 aliphatic heterocycles. The van der Waals surface area contributed by atoms with Gasteiger partial charge in [0.25, 0.3) is 0 Å². The number of hydrogen-bond acceptors (Lipinski definition) is 5. The quantitative estimate of drug-likeness (QED) is 0.253. The van der Waals surface area contributed by atoms with Gasteiger partial charge in [0.2, 0.25) is 0 Å². The van der Waals surface area contributed by atoms with Crippen molar-refractivity contribution in [1.82, 2.24) is 9.88 Å². The molecule has 5 heteroatoms. The summed E-state index contributed by atoms with van der Waals surface area (Å²) in [5.41, 5.74) is 6.75. The number of nitrogens with zero attached hydrogens (tertiary/aromatic N) is 2. The fraction of sp³-hybridized carbons (Fsp3) is 0.528. The van der Waals surface area contributed by atoms with Crippen molar-refractivity contribution in [2.75, 3.05) is 25.9 Å². The zero-order valence-corrected chi connectivity index (χ0v) is 25.5. The zero-order valence-electron chi connectivity index (χ0n) is 24.7. The molecule has 0 saturated heterocycles. The molecule has 3 aromatic rings. The van der Waals surface area contributed by atoms with E-state index in [1.807, 2.05) is 36.2 Å². The summed E-state index contributed by atoms with van der Waals surface area (Å²) in [6.45, 7) is 4.56. The first-order valence-electron chi connectivity index (χ1n) is 15.7. The monoisotopic (exact) mass is 570 g/mol. The summed E-state index contributed by atoms with van der Waals surface area (Å²) in [6.07, 6.45) is 9.27. The van der Waals surface area contributed by atoms with Crippen LogP contribution in [0.5, 0.6) is 5.75 Å². The molecule has 6 rings (SSSR count). The highest BCUT2D eigenvalue weighted by Gasteiger charge is 2.57. The van der Waals surface area contributed by atoms with Gasteiger partial charge < -0.3 is 15.1 Å². The zero-order chi connectivity index (χ0) is 28.4. The average molecular weight is 571 g/mol. The Morgan fingerprint density at radius 1 is 1.02 bits per heavy atom. The van der Waals surface area contributed by atoms with Crippen LogP contribution in [-0.2, 0) is 18.6 Å². The lowest BCUT2D eigenvalue weighted by Gasteiger charge is -2.54. The maximum Gasteiger partial charge on any atom is 0.115 e. The van der Waals surface area contributed by atoms with Gasteiger partial charge in [-0.05, 0) is 140 Å². The van der Waals surface area contributed by atoms with Crippen LogP contribution in [0.25, 0.3) is 0 Å². The van der Waals surface area contributed by atoms with Crippen molar-refractivity contribution in [3.63, 3.8) is 0 Å². The van der Waals surface area contributed by atoms with E-state index in [2.05, 4.69) is 66.3 Å². The number of aliphatic hydroxyl groups excluding tert-OH is 1. The minimum atomic E-state index is -0.194. The van der Waals surface area contributed by atoms with E-state index in [4.69, 9.17) is 0 Å². The second kappa shape index (κ2) is 12.5. The molecule has 0 radical (unpaired) electrons. The van der Waals surface area contributed by atoms with Gasteiger partial charge in [-0.3, -0.25) is 4.98 Å². The number of phenolic OH excluding ortho intramolecular Hbond substituents is 1. The van der Waals surface area contributed by atoms with Gasteiger partial charge in [0.1, 0.15) is 5.75 Å². The lowest BCUT2D eigenvalue weighted by atomic mass is 9.51. The van der Waals surface area contributed by atoms with Crippen LogP contribution in [0.3, 0.4) is 0 Å². The van der Waals surface area contributed by atoms with Crippen molar-refractivity contribution >= 4 is 11.8 Å². The van der Waals surface area contributed by atoms with Crippen LogP contribution in [0.4, 0.5) is 0 Å².